The maximum Gasteiger partial charge on any atom is 0.0462 e. The molecule has 0 heterocycles. The Morgan fingerprint density at radius 2 is 1.69 bits per heavy atom. The molecule has 1 fully saturated rings. The molecule has 0 saturated heterocycles. The molecule has 0 aromatic heterocycles. The smallest absolute Gasteiger partial charge is 0.0462 e. The molecule has 78 valence electrons. The lowest BCUT2D eigenvalue weighted by Crippen LogP contribution is -1.89. The molecule has 0 spiro atoms. The highest BCUT2D eigenvalue weighted by atomic mass is 16.3. The summed E-state index contributed by atoms with van der Waals surface area (Å²) in [7, 11) is 0. The van der Waals surface area contributed by atoms with E-state index < -0.39 is 0 Å². The lowest BCUT2D eigenvalue weighted by Gasteiger charge is -1.99. The van der Waals surface area contributed by atoms with E-state index >= 15 is 0 Å². The van der Waals surface area contributed by atoms with E-state index in [2.05, 4.69) is 6.92 Å². The van der Waals surface area contributed by atoms with Crippen LogP contribution in [0.3, 0.4) is 0 Å². The molecule has 0 aromatic carbocycles. The lowest BCUT2D eigenvalue weighted by atomic mass is 10.1. The van der Waals surface area contributed by atoms with Crippen molar-refractivity contribution >= 4 is 0 Å². The second-order valence-electron chi connectivity index (χ2n) is 4.49. The number of hydrogen-bond donors (Lipinski definition) is 1. The molecule has 0 bridgehead atoms. The van der Waals surface area contributed by atoms with E-state index in [9.17, 15) is 0 Å². The van der Waals surface area contributed by atoms with Gasteiger partial charge in [-0.15, -0.1) is 0 Å². The minimum Gasteiger partial charge on any atom is -0.396 e. The van der Waals surface area contributed by atoms with Gasteiger partial charge in [-0.25, -0.2) is 0 Å². The molecule has 0 radical (unpaired) electrons. The summed E-state index contributed by atoms with van der Waals surface area (Å²) in [5, 5.41) is 8.85. The third-order valence-electron chi connectivity index (χ3n) is 3.23. The number of rotatable bonds is 8. The predicted molar refractivity (Wildman–Crippen MR) is 56.7 cm³/mol. The van der Waals surface area contributed by atoms with Crippen molar-refractivity contribution in [1.82, 2.24) is 0 Å². The van der Waals surface area contributed by atoms with Crippen LogP contribution in [0.2, 0.25) is 0 Å². The Morgan fingerprint density at radius 3 is 2.31 bits per heavy atom. The Hall–Kier alpha value is -0.0400. The molecular weight excluding hydrogens is 160 g/mol. The normalized spacial score (nSPS) is 26.3. The Bertz CT molecular complexity index is 122. The summed E-state index contributed by atoms with van der Waals surface area (Å²) in [6.07, 6.45) is 11.1. The van der Waals surface area contributed by atoms with Crippen molar-refractivity contribution in [1.29, 1.82) is 0 Å². The summed E-state index contributed by atoms with van der Waals surface area (Å²) in [6, 6.07) is 0. The number of aliphatic hydroxyl groups is 1. The maximum atomic E-state index is 8.85. The maximum absolute atomic E-state index is 8.85. The Balaban J connectivity index is 1.75. The third-order valence-corrected chi connectivity index (χ3v) is 3.23. The topological polar surface area (TPSA) is 20.2 Å². The molecule has 2 atom stereocenters. The number of hydrogen-bond acceptors (Lipinski definition) is 1. The van der Waals surface area contributed by atoms with Crippen molar-refractivity contribution < 1.29 is 5.11 Å². The van der Waals surface area contributed by atoms with Gasteiger partial charge in [0.15, 0.2) is 0 Å². The van der Waals surface area contributed by atoms with E-state index in [0.29, 0.717) is 12.5 Å². The first-order chi connectivity index (χ1) is 6.38. The van der Waals surface area contributed by atoms with Gasteiger partial charge in [0, 0.05) is 6.61 Å². The van der Waals surface area contributed by atoms with Gasteiger partial charge in [0.25, 0.3) is 0 Å². The fraction of sp³-hybridized carbons (Fsp3) is 1.00. The fourth-order valence-corrected chi connectivity index (χ4v) is 2.07. The molecule has 13 heavy (non-hydrogen) atoms. The summed E-state index contributed by atoms with van der Waals surface area (Å²) in [4.78, 5) is 0. The standard InChI is InChI=1S/C12H24O/c1-2-3-4-5-6-7-8-11-9-12(11)10-13/h11-13H,2-10H2,1H3. The van der Waals surface area contributed by atoms with Crippen LogP contribution in [0.5, 0.6) is 0 Å². The SMILES string of the molecule is CCCCCCCCC1CC1CO. The molecule has 0 amide bonds. The van der Waals surface area contributed by atoms with Crippen molar-refractivity contribution in [3.8, 4) is 0 Å². The van der Waals surface area contributed by atoms with Gasteiger partial charge >= 0.3 is 0 Å². The van der Waals surface area contributed by atoms with Crippen molar-refractivity contribution in [2.24, 2.45) is 11.8 Å². The molecule has 1 aliphatic rings. The van der Waals surface area contributed by atoms with Crippen LogP contribution in [0.1, 0.15) is 58.3 Å². The Labute approximate surface area is 82.5 Å². The fourth-order valence-electron chi connectivity index (χ4n) is 2.07. The second-order valence-corrected chi connectivity index (χ2v) is 4.49. The van der Waals surface area contributed by atoms with E-state index in [1.165, 1.54) is 51.4 Å². The van der Waals surface area contributed by atoms with Crippen LogP contribution in [-0.2, 0) is 0 Å². The highest BCUT2D eigenvalue weighted by molar-refractivity contribution is 4.84. The monoisotopic (exact) mass is 184 g/mol. The summed E-state index contributed by atoms with van der Waals surface area (Å²) in [6.45, 7) is 2.69. The Kier molecular flexibility index (Phi) is 5.45. The van der Waals surface area contributed by atoms with Gasteiger partial charge in [0.05, 0.1) is 0 Å². The van der Waals surface area contributed by atoms with Crippen molar-refractivity contribution in [2.75, 3.05) is 6.61 Å². The van der Waals surface area contributed by atoms with Gasteiger partial charge in [-0.05, 0) is 18.3 Å². The highest BCUT2D eigenvalue weighted by Crippen LogP contribution is 2.41. The van der Waals surface area contributed by atoms with Gasteiger partial charge in [-0.1, -0.05) is 51.9 Å². The van der Waals surface area contributed by atoms with E-state index in [0.717, 1.165) is 5.92 Å². The first-order valence-corrected chi connectivity index (χ1v) is 5.99. The average Bonchev–Trinajstić information content (AvgIpc) is 2.90. The molecule has 1 saturated carbocycles. The van der Waals surface area contributed by atoms with Gasteiger partial charge in [-0.3, -0.25) is 0 Å². The van der Waals surface area contributed by atoms with Gasteiger partial charge in [0.2, 0.25) is 0 Å². The van der Waals surface area contributed by atoms with Gasteiger partial charge in [0.1, 0.15) is 0 Å². The van der Waals surface area contributed by atoms with Crippen LogP contribution in [0, 0.1) is 11.8 Å². The second kappa shape index (κ2) is 6.42. The van der Waals surface area contributed by atoms with Crippen molar-refractivity contribution in [3.63, 3.8) is 0 Å². The minimum absolute atomic E-state index is 0.431. The molecule has 1 nitrogen and oxygen atoms in total. The van der Waals surface area contributed by atoms with Gasteiger partial charge in [-0.2, -0.15) is 0 Å². The van der Waals surface area contributed by atoms with E-state index in [1.807, 2.05) is 0 Å². The highest BCUT2D eigenvalue weighted by Gasteiger charge is 2.34. The number of aliphatic hydroxyl groups excluding tert-OH is 1. The molecule has 1 heteroatoms. The minimum atomic E-state index is 0.431. The summed E-state index contributed by atoms with van der Waals surface area (Å²) >= 11 is 0. The van der Waals surface area contributed by atoms with Crippen LogP contribution < -0.4 is 0 Å². The average molecular weight is 184 g/mol. The predicted octanol–water partition coefficient (Wildman–Crippen LogP) is 3.37. The Morgan fingerprint density at radius 1 is 1.00 bits per heavy atom. The first kappa shape index (κ1) is 11.0. The summed E-state index contributed by atoms with van der Waals surface area (Å²) in [5.74, 6) is 1.56. The third kappa shape index (κ3) is 4.66. The van der Waals surface area contributed by atoms with Crippen LogP contribution in [-0.4, -0.2) is 11.7 Å². The zero-order valence-corrected chi connectivity index (χ0v) is 8.97. The first-order valence-electron chi connectivity index (χ1n) is 5.99. The summed E-state index contributed by atoms with van der Waals surface area (Å²) in [5.41, 5.74) is 0. The van der Waals surface area contributed by atoms with E-state index in [1.54, 1.807) is 0 Å². The van der Waals surface area contributed by atoms with Gasteiger partial charge < -0.3 is 5.11 Å². The lowest BCUT2D eigenvalue weighted by molar-refractivity contribution is 0.267. The largest absolute Gasteiger partial charge is 0.396 e. The van der Waals surface area contributed by atoms with Crippen LogP contribution in [0.15, 0.2) is 0 Å². The number of unbranched alkanes of at least 4 members (excludes halogenated alkanes) is 5. The molecule has 1 aliphatic carbocycles. The molecule has 0 aliphatic heterocycles. The van der Waals surface area contributed by atoms with Crippen LogP contribution >= 0.6 is 0 Å². The zero-order valence-electron chi connectivity index (χ0n) is 8.97. The van der Waals surface area contributed by atoms with Crippen molar-refractivity contribution in [2.45, 2.75) is 58.3 Å². The van der Waals surface area contributed by atoms with Crippen LogP contribution in [0.4, 0.5) is 0 Å². The van der Waals surface area contributed by atoms with Crippen molar-refractivity contribution in [3.05, 3.63) is 0 Å². The molecular formula is C12H24O. The summed E-state index contributed by atoms with van der Waals surface area (Å²) < 4.78 is 0. The molecule has 1 N–H and O–H groups in total. The molecule has 1 rings (SSSR count). The molecule has 2 unspecified atom stereocenters. The molecule has 0 aromatic rings. The zero-order chi connectivity index (χ0) is 9.52. The van der Waals surface area contributed by atoms with E-state index in [4.69, 9.17) is 5.11 Å². The van der Waals surface area contributed by atoms with Crippen LogP contribution in [0.25, 0.3) is 0 Å². The quantitative estimate of drug-likeness (QED) is 0.573. The van der Waals surface area contributed by atoms with E-state index in [-0.39, 0.29) is 0 Å².